The summed E-state index contributed by atoms with van der Waals surface area (Å²) < 4.78 is 0. The summed E-state index contributed by atoms with van der Waals surface area (Å²) in [6.45, 7) is 8.03. The van der Waals surface area contributed by atoms with Gasteiger partial charge in [0.15, 0.2) is 0 Å². The van der Waals surface area contributed by atoms with Gasteiger partial charge in [0.25, 0.3) is 0 Å². The molecule has 2 rings (SSSR count). The first-order valence-corrected chi connectivity index (χ1v) is 5.21. The van der Waals surface area contributed by atoms with Crippen molar-refractivity contribution < 1.29 is 4.79 Å². The average Bonchev–Trinajstić information content (AvgIpc) is 2.43. The third-order valence-electron chi connectivity index (χ3n) is 2.53. The van der Waals surface area contributed by atoms with Gasteiger partial charge in [-0.2, -0.15) is 0 Å². The largest absolute Gasteiger partial charge is 0.352 e. The van der Waals surface area contributed by atoms with Gasteiger partial charge in [-0.05, 0) is 30.0 Å². The molecule has 78 valence electrons. The fourth-order valence-corrected chi connectivity index (χ4v) is 1.87. The summed E-state index contributed by atoms with van der Waals surface area (Å²) in [4.78, 5) is 11.7. The number of Topliss-reactive ketones (excluding diaryl/α,β-unsaturated/α-hetero) is 1. The highest BCUT2D eigenvalue weighted by atomic mass is 16.1. The molecule has 1 aliphatic heterocycles. The number of benzene rings is 1. The Kier molecular flexibility index (Phi) is 2.35. The number of rotatable bonds is 2. The standard InChI is InChI=1S/C13H15NO/c1-8(2)6-10-4-5-12-11(7-10)13(15)9(3)14-12/h4-5,7-8,14H,3,6H2,1-2H3. The molecular weight excluding hydrogens is 186 g/mol. The van der Waals surface area contributed by atoms with Crippen molar-refractivity contribution in [2.24, 2.45) is 5.92 Å². The molecule has 15 heavy (non-hydrogen) atoms. The Morgan fingerprint density at radius 2 is 2.13 bits per heavy atom. The van der Waals surface area contributed by atoms with Crippen molar-refractivity contribution in [3.8, 4) is 0 Å². The minimum absolute atomic E-state index is 0.0237. The second kappa shape index (κ2) is 3.54. The maximum Gasteiger partial charge on any atom is 0.210 e. The van der Waals surface area contributed by atoms with Gasteiger partial charge in [-0.1, -0.05) is 26.5 Å². The highest BCUT2D eigenvalue weighted by Gasteiger charge is 2.22. The molecule has 0 amide bonds. The summed E-state index contributed by atoms with van der Waals surface area (Å²) in [5, 5.41) is 2.98. The van der Waals surface area contributed by atoms with Gasteiger partial charge in [-0.25, -0.2) is 0 Å². The number of hydrogen-bond donors (Lipinski definition) is 1. The molecule has 1 heterocycles. The molecule has 0 spiro atoms. The lowest BCUT2D eigenvalue weighted by atomic mass is 9.99. The van der Waals surface area contributed by atoms with Crippen molar-refractivity contribution >= 4 is 11.5 Å². The van der Waals surface area contributed by atoms with E-state index in [2.05, 4.69) is 31.8 Å². The number of carbonyl (C=O) groups excluding carboxylic acids is 1. The van der Waals surface area contributed by atoms with Crippen LogP contribution in [0.4, 0.5) is 5.69 Å². The number of fused-ring (bicyclic) bond motifs is 1. The Balaban J connectivity index is 2.35. The highest BCUT2D eigenvalue weighted by Crippen LogP contribution is 2.28. The first kappa shape index (κ1) is 9.97. The summed E-state index contributed by atoms with van der Waals surface area (Å²) >= 11 is 0. The zero-order chi connectivity index (χ0) is 11.0. The Morgan fingerprint density at radius 3 is 2.80 bits per heavy atom. The van der Waals surface area contributed by atoms with Crippen molar-refractivity contribution in [1.82, 2.24) is 0 Å². The third kappa shape index (κ3) is 1.80. The van der Waals surface area contributed by atoms with Crippen LogP contribution in [-0.2, 0) is 6.42 Å². The van der Waals surface area contributed by atoms with Crippen LogP contribution in [0.5, 0.6) is 0 Å². The molecule has 1 N–H and O–H groups in total. The Labute approximate surface area is 90.0 Å². The molecule has 0 radical (unpaired) electrons. The van der Waals surface area contributed by atoms with E-state index in [1.807, 2.05) is 12.1 Å². The molecule has 0 saturated carbocycles. The van der Waals surface area contributed by atoms with Gasteiger partial charge in [-0.15, -0.1) is 0 Å². The second-order valence-electron chi connectivity index (χ2n) is 4.41. The first-order chi connectivity index (χ1) is 7.08. The third-order valence-corrected chi connectivity index (χ3v) is 2.53. The summed E-state index contributed by atoms with van der Waals surface area (Å²) in [5.41, 5.74) is 3.34. The van der Waals surface area contributed by atoms with Crippen LogP contribution in [0.3, 0.4) is 0 Å². The van der Waals surface area contributed by atoms with E-state index >= 15 is 0 Å². The molecule has 0 unspecified atom stereocenters. The van der Waals surface area contributed by atoms with Crippen molar-refractivity contribution in [2.45, 2.75) is 20.3 Å². The Bertz CT molecular complexity index is 432. The fraction of sp³-hybridized carbons (Fsp3) is 0.308. The predicted molar refractivity (Wildman–Crippen MR) is 62.1 cm³/mol. The van der Waals surface area contributed by atoms with Crippen molar-refractivity contribution in [3.05, 3.63) is 41.6 Å². The van der Waals surface area contributed by atoms with Crippen LogP contribution in [0.2, 0.25) is 0 Å². The van der Waals surface area contributed by atoms with Crippen LogP contribution < -0.4 is 5.32 Å². The zero-order valence-electron chi connectivity index (χ0n) is 9.13. The minimum atomic E-state index is 0.0237. The second-order valence-corrected chi connectivity index (χ2v) is 4.41. The maximum absolute atomic E-state index is 11.7. The van der Waals surface area contributed by atoms with Crippen LogP contribution in [-0.4, -0.2) is 5.78 Å². The lowest BCUT2D eigenvalue weighted by molar-refractivity contribution is 0.104. The lowest BCUT2D eigenvalue weighted by Gasteiger charge is -2.06. The van der Waals surface area contributed by atoms with Crippen LogP contribution in [0, 0.1) is 5.92 Å². The average molecular weight is 201 g/mol. The zero-order valence-corrected chi connectivity index (χ0v) is 9.13. The van der Waals surface area contributed by atoms with Crippen LogP contribution >= 0.6 is 0 Å². The quantitative estimate of drug-likeness (QED) is 0.745. The SMILES string of the molecule is C=C1Nc2ccc(CC(C)C)cc2C1=O. The van der Waals surface area contributed by atoms with Gasteiger partial charge < -0.3 is 5.32 Å². The monoisotopic (exact) mass is 201 g/mol. The molecule has 2 nitrogen and oxygen atoms in total. The molecule has 0 aliphatic carbocycles. The van der Waals surface area contributed by atoms with Crippen molar-refractivity contribution in [2.75, 3.05) is 5.32 Å². The van der Waals surface area contributed by atoms with E-state index in [4.69, 9.17) is 0 Å². The van der Waals surface area contributed by atoms with Crippen LogP contribution in [0.15, 0.2) is 30.5 Å². The lowest BCUT2D eigenvalue weighted by Crippen LogP contribution is -1.98. The van der Waals surface area contributed by atoms with E-state index in [0.29, 0.717) is 11.6 Å². The summed E-state index contributed by atoms with van der Waals surface area (Å²) in [5.74, 6) is 0.631. The van der Waals surface area contributed by atoms with Gasteiger partial charge >= 0.3 is 0 Å². The molecule has 0 fully saturated rings. The fourth-order valence-electron chi connectivity index (χ4n) is 1.87. The molecule has 1 aromatic rings. The smallest absolute Gasteiger partial charge is 0.210 e. The van der Waals surface area contributed by atoms with E-state index < -0.39 is 0 Å². The van der Waals surface area contributed by atoms with Crippen LogP contribution in [0.1, 0.15) is 29.8 Å². The number of nitrogens with one attached hydrogen (secondary N) is 1. The Morgan fingerprint density at radius 1 is 1.40 bits per heavy atom. The molecule has 1 aromatic carbocycles. The number of ketones is 1. The topological polar surface area (TPSA) is 29.1 Å². The van der Waals surface area contributed by atoms with E-state index in [1.165, 1.54) is 5.56 Å². The van der Waals surface area contributed by atoms with E-state index in [0.717, 1.165) is 17.7 Å². The molecule has 2 heteroatoms. The van der Waals surface area contributed by atoms with Crippen molar-refractivity contribution in [3.63, 3.8) is 0 Å². The highest BCUT2D eigenvalue weighted by molar-refractivity contribution is 6.18. The molecular formula is C13H15NO. The number of hydrogen-bond acceptors (Lipinski definition) is 2. The predicted octanol–water partition coefficient (Wildman–Crippen LogP) is 3.01. The summed E-state index contributed by atoms with van der Waals surface area (Å²) in [7, 11) is 0. The normalized spacial score (nSPS) is 14.3. The summed E-state index contributed by atoms with van der Waals surface area (Å²) in [6.07, 6.45) is 1.01. The summed E-state index contributed by atoms with van der Waals surface area (Å²) in [6, 6.07) is 6.00. The maximum atomic E-state index is 11.7. The van der Waals surface area contributed by atoms with Gasteiger partial charge in [0, 0.05) is 11.3 Å². The molecule has 0 bridgehead atoms. The number of anilines is 1. The minimum Gasteiger partial charge on any atom is -0.352 e. The molecule has 1 aliphatic rings. The van der Waals surface area contributed by atoms with Gasteiger partial charge in [0.05, 0.1) is 5.70 Å². The van der Waals surface area contributed by atoms with E-state index in [9.17, 15) is 4.79 Å². The first-order valence-electron chi connectivity index (χ1n) is 5.21. The molecule has 0 atom stereocenters. The number of carbonyl (C=O) groups is 1. The van der Waals surface area contributed by atoms with E-state index in [-0.39, 0.29) is 5.78 Å². The Hall–Kier alpha value is -1.57. The van der Waals surface area contributed by atoms with Crippen molar-refractivity contribution in [1.29, 1.82) is 0 Å². The number of allylic oxidation sites excluding steroid dienone is 1. The van der Waals surface area contributed by atoms with Gasteiger partial charge in [0.2, 0.25) is 5.78 Å². The molecule has 0 aromatic heterocycles. The van der Waals surface area contributed by atoms with Gasteiger partial charge in [-0.3, -0.25) is 4.79 Å². The van der Waals surface area contributed by atoms with E-state index in [1.54, 1.807) is 0 Å². The molecule has 0 saturated heterocycles. The van der Waals surface area contributed by atoms with Gasteiger partial charge in [0.1, 0.15) is 0 Å². The van der Waals surface area contributed by atoms with Crippen LogP contribution in [0.25, 0.3) is 0 Å².